The standard InChI is InChI=1S/C48H52ClN9O4/c1-47(2)45(48(3,4)46(47)62-36-15-10-32(28-50)39(49)27-36)54-42(59)31-8-12-34(13-9-31)56-22-18-30(19-23-56)6-5-7-33-11-17-41(43(60)53-33)58-44(61)37-16-14-35(57-24-20-52-21-25-57)26-38(37)40(29-51)55-58/h5-10,12-16,26-27,30,41,45-46,52H,11,17-25H2,1-4H3,(H,53,60)(H,54,59)/b6-5+,33-7-/t41?,45-,46-. The predicted molar refractivity (Wildman–Crippen MR) is 240 cm³/mol. The van der Waals surface area contributed by atoms with Crippen LogP contribution < -0.4 is 36.0 Å². The summed E-state index contributed by atoms with van der Waals surface area (Å²) in [7, 11) is 0. The average Bonchev–Trinajstić information content (AvgIpc) is 3.28. The molecule has 1 aromatic heterocycles. The van der Waals surface area contributed by atoms with Gasteiger partial charge in [-0.2, -0.15) is 15.6 Å². The zero-order valence-electron chi connectivity index (χ0n) is 35.6. The molecule has 0 radical (unpaired) electrons. The van der Waals surface area contributed by atoms with Crippen LogP contribution in [0.1, 0.15) is 81.0 Å². The molecule has 13 nitrogen and oxygen atoms in total. The normalized spacial score (nSPS) is 23.0. The Morgan fingerprint density at radius 3 is 2.24 bits per heavy atom. The number of nitrogens with zero attached hydrogens (tertiary/aromatic N) is 6. The number of hydrogen-bond donors (Lipinski definition) is 3. The van der Waals surface area contributed by atoms with Crippen molar-refractivity contribution in [3.63, 3.8) is 0 Å². The molecule has 1 atom stereocenters. The molecule has 2 amide bonds. The molecule has 1 saturated carbocycles. The number of carbonyl (C=O) groups excluding carboxylic acids is 2. The topological polar surface area (TPSA) is 168 Å². The summed E-state index contributed by atoms with van der Waals surface area (Å²) in [5, 5.41) is 34.4. The van der Waals surface area contributed by atoms with Crippen molar-refractivity contribution in [3.8, 4) is 17.9 Å². The predicted octanol–water partition coefficient (Wildman–Crippen LogP) is 6.62. The molecule has 8 rings (SSSR count). The van der Waals surface area contributed by atoms with Crippen LogP contribution in [-0.4, -0.2) is 73.0 Å². The van der Waals surface area contributed by atoms with E-state index in [-0.39, 0.29) is 46.0 Å². The highest BCUT2D eigenvalue weighted by molar-refractivity contribution is 6.31. The summed E-state index contributed by atoms with van der Waals surface area (Å²) in [6.07, 6.45) is 8.84. The van der Waals surface area contributed by atoms with Gasteiger partial charge in [0.1, 0.15) is 30.0 Å². The van der Waals surface area contributed by atoms with Gasteiger partial charge in [0.05, 0.1) is 16.0 Å². The Morgan fingerprint density at radius 1 is 0.887 bits per heavy atom. The largest absolute Gasteiger partial charge is 0.489 e. The number of piperazine rings is 1. The van der Waals surface area contributed by atoms with Crippen molar-refractivity contribution in [3.05, 3.63) is 117 Å². The highest BCUT2D eigenvalue weighted by atomic mass is 35.5. The van der Waals surface area contributed by atoms with E-state index in [0.29, 0.717) is 51.4 Å². The minimum absolute atomic E-state index is 0.127. The summed E-state index contributed by atoms with van der Waals surface area (Å²) >= 11 is 6.25. The van der Waals surface area contributed by atoms with Crippen LogP contribution in [0.25, 0.3) is 10.8 Å². The lowest BCUT2D eigenvalue weighted by atomic mass is 9.49. The molecule has 1 unspecified atom stereocenters. The fraction of sp³-hybridized carbons (Fsp3) is 0.417. The maximum Gasteiger partial charge on any atom is 0.275 e. The number of aromatic nitrogens is 2. The van der Waals surface area contributed by atoms with E-state index in [1.807, 2.05) is 48.6 Å². The van der Waals surface area contributed by atoms with Gasteiger partial charge in [-0.25, -0.2) is 4.68 Å². The number of benzene rings is 3. The van der Waals surface area contributed by atoms with Crippen molar-refractivity contribution in [1.82, 2.24) is 25.7 Å². The summed E-state index contributed by atoms with van der Waals surface area (Å²) < 4.78 is 7.56. The van der Waals surface area contributed by atoms with Gasteiger partial charge in [0.25, 0.3) is 11.5 Å². The smallest absolute Gasteiger partial charge is 0.275 e. The minimum Gasteiger partial charge on any atom is -0.489 e. The number of rotatable bonds is 9. The first kappa shape index (κ1) is 42.5. The van der Waals surface area contributed by atoms with Gasteiger partial charge in [-0.3, -0.25) is 14.4 Å². The zero-order chi connectivity index (χ0) is 43.8. The van der Waals surface area contributed by atoms with Crippen LogP contribution in [0.15, 0.2) is 89.4 Å². The van der Waals surface area contributed by atoms with Crippen LogP contribution in [0, 0.1) is 39.4 Å². The van der Waals surface area contributed by atoms with Crippen molar-refractivity contribution < 1.29 is 14.3 Å². The molecule has 3 saturated heterocycles. The van der Waals surface area contributed by atoms with Gasteiger partial charge in [0, 0.05) is 90.2 Å². The number of anilines is 2. The molecule has 4 heterocycles. The molecule has 4 fully saturated rings. The van der Waals surface area contributed by atoms with E-state index in [9.17, 15) is 24.9 Å². The van der Waals surface area contributed by atoms with E-state index >= 15 is 0 Å². The number of amides is 2. The SMILES string of the molecule is CC1(C)[C@H](NC(=O)c2ccc(N3CCC(/C=C/C=C4/CCC(n5nc(C#N)c6cc(N7CCNCC7)ccc6c5=O)C(=O)N4)CC3)cc2)C(C)(C)[C@H]1Oc1ccc(C#N)c(Cl)c1. The van der Waals surface area contributed by atoms with Gasteiger partial charge in [0.15, 0.2) is 5.69 Å². The van der Waals surface area contributed by atoms with Crippen molar-refractivity contribution >= 4 is 45.6 Å². The third-order valence-corrected chi connectivity index (χ3v) is 13.5. The second kappa shape index (κ2) is 17.3. The van der Waals surface area contributed by atoms with Crippen LogP contribution in [-0.2, 0) is 4.79 Å². The molecule has 0 bridgehead atoms. The molecule has 4 aromatic rings. The van der Waals surface area contributed by atoms with Gasteiger partial charge < -0.3 is 30.5 Å². The molecule has 3 N–H and O–H groups in total. The lowest BCUT2D eigenvalue weighted by Crippen LogP contribution is -2.74. The summed E-state index contributed by atoms with van der Waals surface area (Å²) in [4.78, 5) is 45.0. The van der Waals surface area contributed by atoms with Gasteiger partial charge >= 0.3 is 0 Å². The van der Waals surface area contributed by atoms with E-state index < -0.39 is 6.04 Å². The van der Waals surface area contributed by atoms with Crippen molar-refractivity contribution in [2.24, 2.45) is 16.7 Å². The van der Waals surface area contributed by atoms with Crippen LogP contribution in [0.2, 0.25) is 5.02 Å². The average molecular weight is 854 g/mol. The number of allylic oxidation sites excluding steroid dienone is 4. The molecule has 3 aliphatic heterocycles. The number of nitriles is 2. The number of hydrogen-bond acceptors (Lipinski definition) is 10. The second-order valence-electron chi connectivity index (χ2n) is 18.0. The maximum absolute atomic E-state index is 13.6. The van der Waals surface area contributed by atoms with Crippen LogP contribution >= 0.6 is 11.6 Å². The van der Waals surface area contributed by atoms with Gasteiger partial charge in [-0.1, -0.05) is 51.4 Å². The second-order valence-corrected chi connectivity index (χ2v) is 18.4. The number of piperidine rings is 2. The number of halogens is 1. The first-order valence-corrected chi connectivity index (χ1v) is 21.8. The summed E-state index contributed by atoms with van der Waals surface area (Å²) in [5.41, 5.74) is 2.83. The first-order chi connectivity index (χ1) is 29.8. The monoisotopic (exact) mass is 853 g/mol. The molecular formula is C48H52ClN9O4. The van der Waals surface area contributed by atoms with Crippen molar-refractivity contribution in [1.29, 1.82) is 10.5 Å². The molecule has 62 heavy (non-hydrogen) atoms. The molecule has 0 spiro atoms. The fourth-order valence-corrected chi connectivity index (χ4v) is 10.3. The Balaban J connectivity index is 0.819. The lowest BCUT2D eigenvalue weighted by molar-refractivity contribution is -0.164. The highest BCUT2D eigenvalue weighted by Gasteiger charge is 2.64. The zero-order valence-corrected chi connectivity index (χ0v) is 36.3. The fourth-order valence-electron chi connectivity index (χ4n) is 10.1. The Morgan fingerprint density at radius 2 is 1.58 bits per heavy atom. The Bertz CT molecular complexity index is 2570. The number of fused-ring (bicyclic) bond motifs is 1. The highest BCUT2D eigenvalue weighted by Crippen LogP contribution is 2.55. The van der Waals surface area contributed by atoms with E-state index in [1.165, 1.54) is 4.68 Å². The molecule has 14 heteroatoms. The minimum atomic E-state index is -0.807. The Kier molecular flexibility index (Phi) is 11.9. The summed E-state index contributed by atoms with van der Waals surface area (Å²) in [6, 6.07) is 21.7. The van der Waals surface area contributed by atoms with Crippen LogP contribution in [0.4, 0.5) is 11.4 Å². The first-order valence-electron chi connectivity index (χ1n) is 21.4. The number of carbonyl (C=O) groups is 2. The summed E-state index contributed by atoms with van der Waals surface area (Å²) in [6.45, 7) is 13.5. The Hall–Kier alpha value is -6.15. The van der Waals surface area contributed by atoms with E-state index in [1.54, 1.807) is 24.3 Å². The van der Waals surface area contributed by atoms with Crippen LogP contribution in [0.3, 0.4) is 0 Å². The van der Waals surface area contributed by atoms with E-state index in [2.05, 4.69) is 76.8 Å². The van der Waals surface area contributed by atoms with Gasteiger partial charge in [-0.15, -0.1) is 0 Å². The van der Waals surface area contributed by atoms with Crippen LogP contribution in [0.5, 0.6) is 5.75 Å². The number of nitrogens with one attached hydrogen (secondary N) is 3. The third kappa shape index (κ3) is 8.27. The summed E-state index contributed by atoms with van der Waals surface area (Å²) in [5.74, 6) is 0.533. The molecule has 3 aromatic carbocycles. The lowest BCUT2D eigenvalue weighted by Gasteiger charge is -2.63. The molecular weight excluding hydrogens is 802 g/mol. The van der Waals surface area contributed by atoms with Gasteiger partial charge in [-0.05, 0) is 92.3 Å². The van der Waals surface area contributed by atoms with Gasteiger partial charge in [0.2, 0.25) is 5.91 Å². The molecule has 1 aliphatic carbocycles. The number of ether oxygens (including phenoxy) is 1. The quantitative estimate of drug-likeness (QED) is 0.166. The van der Waals surface area contributed by atoms with E-state index in [4.69, 9.17) is 16.3 Å². The molecule has 4 aliphatic rings. The van der Waals surface area contributed by atoms with Crippen molar-refractivity contribution in [2.45, 2.75) is 71.6 Å². The maximum atomic E-state index is 13.6. The Labute approximate surface area is 367 Å². The third-order valence-electron chi connectivity index (χ3n) is 13.2. The van der Waals surface area contributed by atoms with Crippen molar-refractivity contribution in [2.75, 3.05) is 49.1 Å². The molecule has 320 valence electrons. The van der Waals surface area contributed by atoms with E-state index in [0.717, 1.165) is 69.2 Å².